The summed E-state index contributed by atoms with van der Waals surface area (Å²) in [4.78, 5) is 46.1. The number of carbonyl (C=O) groups is 4. The van der Waals surface area contributed by atoms with Crippen LogP contribution in [0.1, 0.15) is 26.7 Å². The van der Waals surface area contributed by atoms with E-state index in [1.807, 2.05) is 6.92 Å². The summed E-state index contributed by atoms with van der Waals surface area (Å²) in [5.41, 5.74) is 5.61. The quantitative estimate of drug-likeness (QED) is 0.264. The Morgan fingerprint density at radius 3 is 2.46 bits per heavy atom. The Morgan fingerprint density at radius 2 is 1.92 bits per heavy atom. The Kier molecular flexibility index (Phi) is 7.59. The molecular formula is C14H23N3O7. The van der Waals surface area contributed by atoms with Gasteiger partial charge in [-0.25, -0.2) is 9.59 Å². The van der Waals surface area contributed by atoms with Crippen molar-refractivity contribution in [2.45, 2.75) is 51.0 Å². The topological polar surface area (TPSA) is 160 Å². The zero-order valence-corrected chi connectivity index (χ0v) is 13.6. The van der Waals surface area contributed by atoms with Crippen molar-refractivity contribution in [1.29, 1.82) is 0 Å². The lowest BCUT2D eigenvalue weighted by Gasteiger charge is -2.17. The number of amides is 2. The molecule has 0 bridgehead atoms. The van der Waals surface area contributed by atoms with Crippen molar-refractivity contribution in [2.24, 2.45) is 5.73 Å². The van der Waals surface area contributed by atoms with E-state index >= 15 is 0 Å². The molecule has 24 heavy (non-hydrogen) atoms. The van der Waals surface area contributed by atoms with Crippen LogP contribution in [0, 0.1) is 0 Å². The highest BCUT2D eigenvalue weighted by Gasteiger charge is 2.51. The predicted octanol–water partition coefficient (Wildman–Crippen LogP) is -1.87. The molecule has 10 nitrogen and oxygen atoms in total. The van der Waals surface area contributed by atoms with E-state index in [1.165, 1.54) is 0 Å². The lowest BCUT2D eigenvalue weighted by molar-refractivity contribution is -0.145. The number of ether oxygens (including phenoxy) is 2. The molecule has 0 saturated carbocycles. The van der Waals surface area contributed by atoms with Gasteiger partial charge in [0, 0.05) is 6.54 Å². The van der Waals surface area contributed by atoms with Gasteiger partial charge in [-0.05, 0) is 13.3 Å². The molecule has 1 aliphatic rings. The van der Waals surface area contributed by atoms with Gasteiger partial charge in [-0.1, -0.05) is 13.3 Å². The zero-order chi connectivity index (χ0) is 18.3. The highest BCUT2D eigenvalue weighted by atomic mass is 16.6. The van der Waals surface area contributed by atoms with Gasteiger partial charge >= 0.3 is 11.9 Å². The zero-order valence-electron chi connectivity index (χ0n) is 13.6. The third kappa shape index (κ3) is 5.78. The number of nitrogens with two attached hydrogens (primary N) is 1. The fourth-order valence-corrected chi connectivity index (χ4v) is 1.94. The molecule has 4 atom stereocenters. The van der Waals surface area contributed by atoms with Gasteiger partial charge in [-0.2, -0.15) is 0 Å². The first-order valence-corrected chi connectivity index (χ1v) is 7.70. The minimum atomic E-state index is -1.33. The molecule has 2 amide bonds. The highest BCUT2D eigenvalue weighted by molar-refractivity contribution is 5.93. The van der Waals surface area contributed by atoms with E-state index in [0.717, 1.165) is 0 Å². The number of epoxide rings is 1. The van der Waals surface area contributed by atoms with Crippen molar-refractivity contribution in [3.63, 3.8) is 0 Å². The smallest absolute Gasteiger partial charge is 0.338 e. The van der Waals surface area contributed by atoms with Crippen molar-refractivity contribution in [3.8, 4) is 0 Å². The Labute approximate surface area is 139 Å². The van der Waals surface area contributed by atoms with Gasteiger partial charge in [0.2, 0.25) is 5.91 Å². The number of carboxylic acid groups (broad SMARTS) is 1. The second kappa shape index (κ2) is 9.18. The molecule has 0 radical (unpaired) electrons. The Hall–Kier alpha value is -2.20. The molecule has 5 N–H and O–H groups in total. The van der Waals surface area contributed by atoms with Gasteiger partial charge in [0.15, 0.2) is 12.2 Å². The summed E-state index contributed by atoms with van der Waals surface area (Å²) in [5.74, 6) is -3.21. The van der Waals surface area contributed by atoms with Crippen molar-refractivity contribution < 1.29 is 33.8 Å². The van der Waals surface area contributed by atoms with Gasteiger partial charge in [-0.3, -0.25) is 9.59 Å². The molecule has 1 rings (SSSR count). The molecule has 1 aliphatic heterocycles. The monoisotopic (exact) mass is 345 g/mol. The second-order valence-electron chi connectivity index (χ2n) is 5.27. The first kappa shape index (κ1) is 19.8. The fourth-order valence-electron chi connectivity index (χ4n) is 1.94. The number of carboxylic acids is 1. The van der Waals surface area contributed by atoms with E-state index in [1.54, 1.807) is 6.92 Å². The number of hydrogen-bond donors (Lipinski definition) is 4. The van der Waals surface area contributed by atoms with Crippen LogP contribution in [0.3, 0.4) is 0 Å². The summed E-state index contributed by atoms with van der Waals surface area (Å²) in [6, 6.07) is -2.14. The molecule has 1 heterocycles. The van der Waals surface area contributed by atoms with Crippen molar-refractivity contribution in [3.05, 3.63) is 0 Å². The van der Waals surface area contributed by atoms with Gasteiger partial charge in [0.25, 0.3) is 5.91 Å². The molecular weight excluding hydrogens is 322 g/mol. The van der Waals surface area contributed by atoms with Gasteiger partial charge in [-0.15, -0.1) is 0 Å². The van der Waals surface area contributed by atoms with Crippen LogP contribution in [-0.2, 0) is 28.7 Å². The molecule has 0 spiro atoms. The first-order valence-electron chi connectivity index (χ1n) is 7.70. The highest BCUT2D eigenvalue weighted by Crippen LogP contribution is 2.23. The van der Waals surface area contributed by atoms with Crippen LogP contribution in [0.15, 0.2) is 0 Å². The van der Waals surface area contributed by atoms with Crippen LogP contribution in [0.2, 0.25) is 0 Å². The molecule has 1 fully saturated rings. The first-order chi connectivity index (χ1) is 11.3. The third-order valence-corrected chi connectivity index (χ3v) is 3.30. The molecule has 2 unspecified atom stereocenters. The maximum Gasteiger partial charge on any atom is 0.338 e. The van der Waals surface area contributed by atoms with Crippen LogP contribution < -0.4 is 16.4 Å². The molecule has 0 aromatic heterocycles. The van der Waals surface area contributed by atoms with E-state index in [2.05, 4.69) is 10.6 Å². The lowest BCUT2D eigenvalue weighted by atomic mass is 10.1. The van der Waals surface area contributed by atoms with Gasteiger partial charge in [0.1, 0.15) is 6.04 Å². The summed E-state index contributed by atoms with van der Waals surface area (Å²) >= 11 is 0. The van der Waals surface area contributed by atoms with E-state index < -0.39 is 48.0 Å². The van der Waals surface area contributed by atoms with E-state index in [0.29, 0.717) is 12.8 Å². The van der Waals surface area contributed by atoms with Crippen LogP contribution >= 0.6 is 0 Å². The number of nitrogens with one attached hydrogen (secondary N) is 2. The second-order valence-corrected chi connectivity index (χ2v) is 5.27. The standard InChI is InChI=1S/C14H23N3O7/c1-3-5-7(15)11(18)17-8(13(20)21)6-16-12(19)9-10(24-9)14(22)23-4-2/h7-10H,3-6,15H2,1-2H3,(H,16,19)(H,17,18)(H,20,21)/t7-,8-,9?,10?/m0/s1. The number of hydrogen-bond acceptors (Lipinski definition) is 7. The third-order valence-electron chi connectivity index (χ3n) is 3.30. The summed E-state index contributed by atoms with van der Waals surface area (Å²) < 4.78 is 9.60. The van der Waals surface area contributed by atoms with Gasteiger partial charge in [0.05, 0.1) is 12.6 Å². The fraction of sp³-hybridized carbons (Fsp3) is 0.714. The van der Waals surface area contributed by atoms with Crippen LogP contribution in [0.4, 0.5) is 0 Å². The molecule has 0 aromatic rings. The molecule has 1 saturated heterocycles. The summed E-state index contributed by atoms with van der Waals surface area (Å²) in [6.45, 7) is 3.28. The average molecular weight is 345 g/mol. The molecule has 136 valence electrons. The van der Waals surface area contributed by atoms with Crippen molar-refractivity contribution in [2.75, 3.05) is 13.2 Å². The SMILES string of the molecule is CCC[C@H](N)C(=O)N[C@@H](CNC(=O)C1OC1C(=O)OCC)C(=O)O. The average Bonchev–Trinajstić information content (AvgIpc) is 3.31. The minimum absolute atomic E-state index is 0.165. The summed E-state index contributed by atoms with van der Waals surface area (Å²) in [6.07, 6.45) is -0.878. The lowest BCUT2D eigenvalue weighted by Crippen LogP contribution is -2.53. The largest absolute Gasteiger partial charge is 0.480 e. The molecule has 0 aromatic carbocycles. The maximum atomic E-state index is 11.8. The normalized spacial score (nSPS) is 21.3. The summed E-state index contributed by atoms with van der Waals surface area (Å²) in [5, 5.41) is 13.7. The van der Waals surface area contributed by atoms with E-state index in [9.17, 15) is 19.2 Å². The summed E-state index contributed by atoms with van der Waals surface area (Å²) in [7, 11) is 0. The number of aliphatic carboxylic acids is 1. The Balaban J connectivity index is 2.44. The van der Waals surface area contributed by atoms with Crippen molar-refractivity contribution in [1.82, 2.24) is 10.6 Å². The van der Waals surface area contributed by atoms with Crippen LogP contribution in [0.25, 0.3) is 0 Å². The Morgan fingerprint density at radius 1 is 1.25 bits per heavy atom. The Bertz CT molecular complexity index is 497. The van der Waals surface area contributed by atoms with Gasteiger partial charge < -0.3 is 30.9 Å². The number of rotatable bonds is 10. The predicted molar refractivity (Wildman–Crippen MR) is 80.8 cm³/mol. The molecule has 0 aliphatic carbocycles. The van der Waals surface area contributed by atoms with Crippen molar-refractivity contribution >= 4 is 23.8 Å². The molecule has 10 heteroatoms. The number of esters is 1. The minimum Gasteiger partial charge on any atom is -0.480 e. The maximum absolute atomic E-state index is 11.8. The van der Waals surface area contributed by atoms with E-state index in [-0.39, 0.29) is 13.2 Å². The number of carbonyl (C=O) groups excluding carboxylic acids is 3. The van der Waals surface area contributed by atoms with E-state index in [4.69, 9.17) is 20.3 Å². The van der Waals surface area contributed by atoms with Crippen LogP contribution in [0.5, 0.6) is 0 Å². The van der Waals surface area contributed by atoms with Crippen LogP contribution in [-0.4, -0.2) is 66.3 Å².